The summed E-state index contributed by atoms with van der Waals surface area (Å²) >= 11 is 0. The summed E-state index contributed by atoms with van der Waals surface area (Å²) in [5.41, 5.74) is 3.94. The summed E-state index contributed by atoms with van der Waals surface area (Å²) in [5, 5.41) is 9.27. The molecule has 1 atom stereocenters. The first-order chi connectivity index (χ1) is 15.7. The van der Waals surface area contributed by atoms with Crippen LogP contribution in [0.25, 0.3) is 11.0 Å². The van der Waals surface area contributed by atoms with Gasteiger partial charge in [0.15, 0.2) is 5.65 Å². The highest BCUT2D eigenvalue weighted by molar-refractivity contribution is 6.07. The highest BCUT2D eigenvalue weighted by atomic mass is 16.5. The number of aliphatic imine (C=N–C) groups is 1. The van der Waals surface area contributed by atoms with Crippen LogP contribution in [0.1, 0.15) is 45.1 Å². The topological polar surface area (TPSA) is 73.6 Å². The second kappa shape index (κ2) is 10.6. The fraction of sp³-hybridized carbons (Fsp3) is 0.480. The van der Waals surface area contributed by atoms with E-state index in [2.05, 4.69) is 43.0 Å². The molecule has 2 aliphatic rings. The minimum Gasteiger partial charge on any atom is -0.468 e. The molecule has 0 spiro atoms. The lowest BCUT2D eigenvalue weighted by Crippen LogP contribution is -2.29. The van der Waals surface area contributed by atoms with E-state index in [9.17, 15) is 0 Å². The molecule has 0 aromatic carbocycles. The van der Waals surface area contributed by atoms with Gasteiger partial charge < -0.3 is 14.8 Å². The molecule has 170 valence electrons. The van der Waals surface area contributed by atoms with Crippen molar-refractivity contribution in [1.82, 2.24) is 14.8 Å². The number of aryl methyl sites for hydroxylation is 1. The van der Waals surface area contributed by atoms with Crippen LogP contribution in [0.3, 0.4) is 0 Å². The van der Waals surface area contributed by atoms with Crippen LogP contribution in [-0.2, 0) is 16.0 Å². The molecule has 0 saturated carbocycles. The second-order valence-electron chi connectivity index (χ2n) is 8.09. The van der Waals surface area contributed by atoms with Gasteiger partial charge >= 0.3 is 0 Å². The summed E-state index contributed by atoms with van der Waals surface area (Å²) in [5.74, 6) is 0.637. The monoisotopic (exact) mass is 435 g/mol. The minimum absolute atomic E-state index is 0.0884. The number of fused-ring (bicyclic) bond motifs is 1. The average Bonchev–Trinajstić information content (AvgIpc) is 3.47. The van der Waals surface area contributed by atoms with Gasteiger partial charge in [-0.3, -0.25) is 0 Å². The molecule has 1 N–H and O–H groups in total. The van der Waals surface area contributed by atoms with Gasteiger partial charge in [0.2, 0.25) is 5.90 Å². The van der Waals surface area contributed by atoms with Crippen LogP contribution < -0.4 is 5.32 Å². The van der Waals surface area contributed by atoms with Gasteiger partial charge in [-0.25, -0.2) is 14.7 Å². The van der Waals surface area contributed by atoms with Crippen molar-refractivity contribution in [2.45, 2.75) is 58.2 Å². The molecule has 0 unspecified atom stereocenters. The molecule has 0 aliphatic carbocycles. The number of nitrogens with zero attached hydrogens (tertiary/aromatic N) is 4. The van der Waals surface area contributed by atoms with E-state index in [0.717, 1.165) is 67.7 Å². The first-order valence-electron chi connectivity index (χ1n) is 11.6. The van der Waals surface area contributed by atoms with E-state index < -0.39 is 0 Å². The van der Waals surface area contributed by atoms with Crippen LogP contribution >= 0.6 is 0 Å². The molecular formula is C25H33N5O2. The molecule has 32 heavy (non-hydrogen) atoms. The van der Waals surface area contributed by atoms with Crippen LogP contribution in [0, 0.1) is 0 Å². The van der Waals surface area contributed by atoms with E-state index in [4.69, 9.17) is 19.5 Å². The maximum Gasteiger partial charge on any atom is 0.220 e. The smallest absolute Gasteiger partial charge is 0.220 e. The zero-order chi connectivity index (χ0) is 22.3. The molecule has 0 bridgehead atoms. The highest BCUT2D eigenvalue weighted by Crippen LogP contribution is 2.31. The summed E-state index contributed by atoms with van der Waals surface area (Å²) < 4.78 is 13.8. The van der Waals surface area contributed by atoms with Gasteiger partial charge in [-0.05, 0) is 38.2 Å². The normalized spacial score (nSPS) is 20.0. The maximum atomic E-state index is 6.37. The van der Waals surface area contributed by atoms with Gasteiger partial charge in [0.05, 0.1) is 29.4 Å². The first-order valence-corrected chi connectivity index (χ1v) is 11.6. The predicted molar refractivity (Wildman–Crippen MR) is 129 cm³/mol. The lowest BCUT2D eigenvalue weighted by atomic mass is 10.1. The fourth-order valence-corrected chi connectivity index (χ4v) is 4.18. The molecule has 0 amide bonds. The Bertz CT molecular complexity index is 1030. The van der Waals surface area contributed by atoms with Crippen LogP contribution in [0.15, 0.2) is 53.8 Å². The number of hydrogen-bond acceptors (Lipinski definition) is 6. The Kier molecular flexibility index (Phi) is 7.37. The van der Waals surface area contributed by atoms with Gasteiger partial charge in [0, 0.05) is 32.0 Å². The number of rotatable bonds is 9. The minimum atomic E-state index is -0.0884. The Balaban J connectivity index is 1.63. The second-order valence-corrected chi connectivity index (χ2v) is 8.09. The number of allylic oxidation sites excluding steroid dienone is 4. The summed E-state index contributed by atoms with van der Waals surface area (Å²) in [4.78, 5) is 9.48. The van der Waals surface area contributed by atoms with Gasteiger partial charge in [0.25, 0.3) is 0 Å². The largest absolute Gasteiger partial charge is 0.468 e. The lowest BCUT2D eigenvalue weighted by molar-refractivity contribution is 0.0905. The van der Waals surface area contributed by atoms with E-state index in [1.807, 2.05) is 29.2 Å². The molecule has 2 aromatic rings. The molecule has 0 radical (unpaired) electrons. The van der Waals surface area contributed by atoms with E-state index in [1.165, 1.54) is 5.57 Å². The summed E-state index contributed by atoms with van der Waals surface area (Å²) in [6.45, 7) is 11.0. The SMILES string of the molecule is C=C/C=C(\C/C=C\CC)[C@H]1CN=C(c2cnc3c(cnn3CC)c2NC2CCOCC2)O1. The third kappa shape index (κ3) is 4.78. The number of nitrogens with one attached hydrogen (secondary N) is 1. The van der Waals surface area contributed by atoms with Gasteiger partial charge in [-0.2, -0.15) is 5.10 Å². The molecule has 7 heteroatoms. The highest BCUT2D eigenvalue weighted by Gasteiger charge is 2.28. The van der Waals surface area contributed by atoms with Crippen molar-refractivity contribution in [3.8, 4) is 0 Å². The van der Waals surface area contributed by atoms with Crippen molar-refractivity contribution < 1.29 is 9.47 Å². The zero-order valence-electron chi connectivity index (χ0n) is 19.1. The zero-order valence-corrected chi connectivity index (χ0v) is 19.1. The van der Waals surface area contributed by atoms with Gasteiger partial charge in [-0.15, -0.1) is 0 Å². The number of ether oxygens (including phenoxy) is 2. The van der Waals surface area contributed by atoms with Crippen molar-refractivity contribution in [3.05, 3.63) is 54.4 Å². The van der Waals surface area contributed by atoms with Crippen molar-refractivity contribution in [3.63, 3.8) is 0 Å². The Hall–Kier alpha value is -2.93. The molecule has 2 aromatic heterocycles. The van der Waals surface area contributed by atoms with E-state index in [0.29, 0.717) is 18.5 Å². The Morgan fingerprint density at radius 2 is 2.09 bits per heavy atom. The van der Waals surface area contributed by atoms with Crippen LogP contribution in [-0.4, -0.2) is 52.6 Å². The standard InChI is InChI=1S/C25H33N5O2/c1-4-7-8-10-18(9-5-2)22-17-27-25(32-22)21-15-26-24-20(16-28-30(24)6-3)23(21)29-19-11-13-31-14-12-19/h5,7-9,15-16,19,22H,2,4,6,10-14,17H2,1,3H3,(H,26,29)/b8-7-,18-9+/t22-/m1/s1. The van der Waals surface area contributed by atoms with Crippen molar-refractivity contribution in [2.24, 2.45) is 4.99 Å². The third-order valence-electron chi connectivity index (χ3n) is 5.92. The van der Waals surface area contributed by atoms with Gasteiger partial charge in [0.1, 0.15) is 6.10 Å². The number of hydrogen-bond donors (Lipinski definition) is 1. The fourth-order valence-electron chi connectivity index (χ4n) is 4.18. The molecular weight excluding hydrogens is 402 g/mol. The van der Waals surface area contributed by atoms with Crippen molar-refractivity contribution in [1.29, 1.82) is 0 Å². The number of pyridine rings is 1. The van der Waals surface area contributed by atoms with E-state index >= 15 is 0 Å². The molecule has 1 fully saturated rings. The summed E-state index contributed by atoms with van der Waals surface area (Å²) in [7, 11) is 0. The van der Waals surface area contributed by atoms with E-state index in [-0.39, 0.29) is 6.10 Å². The molecule has 2 aliphatic heterocycles. The quantitative estimate of drug-likeness (QED) is 0.458. The van der Waals surface area contributed by atoms with Crippen molar-refractivity contribution in [2.75, 3.05) is 25.1 Å². The van der Waals surface area contributed by atoms with Crippen LogP contribution in [0.5, 0.6) is 0 Å². The number of aromatic nitrogens is 3. The Labute approximate surface area is 189 Å². The van der Waals surface area contributed by atoms with Crippen LogP contribution in [0.4, 0.5) is 5.69 Å². The molecule has 7 nitrogen and oxygen atoms in total. The third-order valence-corrected chi connectivity index (χ3v) is 5.92. The average molecular weight is 436 g/mol. The molecule has 1 saturated heterocycles. The van der Waals surface area contributed by atoms with E-state index in [1.54, 1.807) is 0 Å². The summed E-state index contributed by atoms with van der Waals surface area (Å²) in [6, 6.07) is 0.339. The Morgan fingerprint density at radius 3 is 2.84 bits per heavy atom. The summed E-state index contributed by atoms with van der Waals surface area (Å²) in [6.07, 6.45) is 15.7. The Morgan fingerprint density at radius 1 is 1.25 bits per heavy atom. The lowest BCUT2D eigenvalue weighted by Gasteiger charge is -2.25. The molecule has 4 heterocycles. The first kappa shape index (κ1) is 22.3. The van der Waals surface area contributed by atoms with Gasteiger partial charge in [-0.1, -0.05) is 37.8 Å². The predicted octanol–water partition coefficient (Wildman–Crippen LogP) is 4.66. The van der Waals surface area contributed by atoms with Crippen LogP contribution in [0.2, 0.25) is 0 Å². The molecule has 4 rings (SSSR count). The van der Waals surface area contributed by atoms with Crippen molar-refractivity contribution >= 4 is 22.6 Å². The maximum absolute atomic E-state index is 6.37. The number of anilines is 1.